The zero-order valence-electron chi connectivity index (χ0n) is 15.8. The summed E-state index contributed by atoms with van der Waals surface area (Å²) in [5.74, 6) is -0.0551. The molecular formula is C21H25N3O3. The number of hydrogen-bond donors (Lipinski definition) is 2. The monoisotopic (exact) mass is 367 g/mol. The number of pyridine rings is 1. The van der Waals surface area contributed by atoms with Crippen LogP contribution in [0.5, 0.6) is 0 Å². The van der Waals surface area contributed by atoms with E-state index in [4.69, 9.17) is 0 Å². The zero-order chi connectivity index (χ0) is 19.2. The van der Waals surface area contributed by atoms with Crippen molar-refractivity contribution in [3.05, 3.63) is 52.1 Å². The molecule has 1 saturated heterocycles. The highest BCUT2D eigenvalue weighted by molar-refractivity contribution is 6.10. The molecule has 3 heterocycles. The molecule has 0 saturated carbocycles. The Labute approximate surface area is 158 Å². The van der Waals surface area contributed by atoms with Gasteiger partial charge in [-0.3, -0.25) is 14.6 Å². The summed E-state index contributed by atoms with van der Waals surface area (Å²) in [4.78, 5) is 34.9. The summed E-state index contributed by atoms with van der Waals surface area (Å²) in [6.07, 6.45) is 4.78. The van der Waals surface area contributed by atoms with Gasteiger partial charge in [0.2, 0.25) is 0 Å². The molecular weight excluding hydrogens is 342 g/mol. The molecule has 0 aromatic carbocycles. The largest absolute Gasteiger partial charge is 0.383 e. The number of H-pyrrole nitrogens is 1. The highest BCUT2D eigenvalue weighted by atomic mass is 16.3. The van der Waals surface area contributed by atoms with Crippen LogP contribution in [0.1, 0.15) is 69.0 Å². The molecule has 2 N–H and O–H groups in total. The van der Waals surface area contributed by atoms with Crippen molar-refractivity contribution in [2.45, 2.75) is 51.6 Å². The number of nitrogens with zero attached hydrogens (tertiary/aromatic N) is 2. The summed E-state index contributed by atoms with van der Waals surface area (Å²) in [6, 6.07) is 3.80. The number of aromatic nitrogens is 2. The van der Waals surface area contributed by atoms with Crippen LogP contribution in [0.4, 0.5) is 0 Å². The van der Waals surface area contributed by atoms with Crippen molar-refractivity contribution >= 4 is 11.7 Å². The Kier molecular flexibility index (Phi) is 4.38. The third-order valence-corrected chi connectivity index (χ3v) is 5.85. The van der Waals surface area contributed by atoms with Gasteiger partial charge < -0.3 is 15.0 Å². The van der Waals surface area contributed by atoms with E-state index in [1.54, 1.807) is 11.1 Å². The van der Waals surface area contributed by atoms with Crippen molar-refractivity contribution in [3.8, 4) is 0 Å². The number of amides is 1. The Hall–Kier alpha value is -2.47. The predicted molar refractivity (Wildman–Crippen MR) is 101 cm³/mol. The first-order valence-electron chi connectivity index (χ1n) is 9.58. The smallest absolute Gasteiger partial charge is 0.256 e. The Morgan fingerprint density at radius 3 is 2.63 bits per heavy atom. The van der Waals surface area contributed by atoms with E-state index in [0.29, 0.717) is 49.2 Å². The van der Waals surface area contributed by atoms with E-state index in [1.807, 2.05) is 26.0 Å². The molecule has 6 heteroatoms. The first kappa shape index (κ1) is 17.9. The molecule has 2 aliphatic rings. The van der Waals surface area contributed by atoms with Crippen LogP contribution in [-0.4, -0.2) is 44.8 Å². The first-order chi connectivity index (χ1) is 12.9. The first-order valence-corrected chi connectivity index (χ1v) is 9.58. The van der Waals surface area contributed by atoms with Crippen LogP contribution in [0.3, 0.4) is 0 Å². The normalized spacial score (nSPS) is 19.1. The van der Waals surface area contributed by atoms with Gasteiger partial charge in [0.25, 0.3) is 5.91 Å². The number of aryl methyl sites for hydroxylation is 3. The van der Waals surface area contributed by atoms with Crippen LogP contribution in [0.25, 0.3) is 0 Å². The zero-order valence-corrected chi connectivity index (χ0v) is 15.8. The minimum Gasteiger partial charge on any atom is -0.383 e. The van der Waals surface area contributed by atoms with Crippen molar-refractivity contribution in [1.29, 1.82) is 0 Å². The molecule has 0 spiro atoms. The predicted octanol–water partition coefficient (Wildman–Crippen LogP) is 2.67. The van der Waals surface area contributed by atoms with E-state index in [0.717, 1.165) is 29.8 Å². The summed E-state index contributed by atoms with van der Waals surface area (Å²) in [5, 5.41) is 11.0. The lowest BCUT2D eigenvalue weighted by atomic mass is 9.87. The van der Waals surface area contributed by atoms with Gasteiger partial charge >= 0.3 is 0 Å². The molecule has 0 atom stereocenters. The lowest BCUT2D eigenvalue weighted by Gasteiger charge is -2.38. The second-order valence-corrected chi connectivity index (χ2v) is 7.80. The quantitative estimate of drug-likeness (QED) is 0.854. The number of rotatable bonds is 2. The Balaban J connectivity index is 1.54. The Bertz CT molecular complexity index is 890. The van der Waals surface area contributed by atoms with E-state index >= 15 is 0 Å². The van der Waals surface area contributed by atoms with Crippen molar-refractivity contribution in [2.75, 3.05) is 13.1 Å². The van der Waals surface area contributed by atoms with Crippen LogP contribution < -0.4 is 0 Å². The van der Waals surface area contributed by atoms with E-state index in [-0.39, 0.29) is 11.7 Å². The summed E-state index contributed by atoms with van der Waals surface area (Å²) in [7, 11) is 0. The molecule has 2 aromatic rings. The maximum atomic E-state index is 13.1. The van der Waals surface area contributed by atoms with Crippen LogP contribution in [0.15, 0.2) is 18.3 Å². The van der Waals surface area contributed by atoms with Crippen LogP contribution in [0.2, 0.25) is 0 Å². The number of hydrogen-bond acceptors (Lipinski definition) is 4. The van der Waals surface area contributed by atoms with Gasteiger partial charge in [-0.25, -0.2) is 0 Å². The Morgan fingerprint density at radius 1 is 1.22 bits per heavy atom. The summed E-state index contributed by atoms with van der Waals surface area (Å²) < 4.78 is 0. The number of aromatic amines is 1. The molecule has 1 aliphatic heterocycles. The highest BCUT2D eigenvalue weighted by Gasteiger charge is 2.38. The number of piperidine rings is 1. The van der Waals surface area contributed by atoms with Gasteiger partial charge in [0, 0.05) is 37.1 Å². The van der Waals surface area contributed by atoms with Crippen LogP contribution >= 0.6 is 0 Å². The minimum absolute atomic E-state index is 0.0568. The highest BCUT2D eigenvalue weighted by Crippen LogP contribution is 2.34. The number of fused-ring (bicyclic) bond motifs is 1. The second kappa shape index (κ2) is 6.60. The molecule has 4 rings (SSSR count). The molecule has 0 radical (unpaired) electrons. The van der Waals surface area contributed by atoms with Gasteiger partial charge in [-0.05, 0) is 51.2 Å². The van der Waals surface area contributed by atoms with Crippen LogP contribution in [0, 0.1) is 13.8 Å². The average Bonchev–Trinajstić information content (AvgIpc) is 2.99. The van der Waals surface area contributed by atoms with Gasteiger partial charge in [0.15, 0.2) is 5.78 Å². The number of nitrogens with one attached hydrogen (secondary N) is 1. The molecule has 1 aliphatic carbocycles. The number of Topliss-reactive ketones (excluding diaryl/α,β-unsaturated/α-hetero) is 1. The molecule has 0 unspecified atom stereocenters. The minimum atomic E-state index is -1.01. The van der Waals surface area contributed by atoms with Crippen molar-refractivity contribution < 1.29 is 14.7 Å². The van der Waals surface area contributed by atoms with Crippen molar-refractivity contribution in [3.63, 3.8) is 0 Å². The fraction of sp³-hybridized carbons (Fsp3) is 0.476. The molecule has 142 valence electrons. The topological polar surface area (TPSA) is 86.3 Å². The lowest BCUT2D eigenvalue weighted by molar-refractivity contribution is -0.0244. The van der Waals surface area contributed by atoms with Crippen molar-refractivity contribution in [2.24, 2.45) is 0 Å². The second-order valence-electron chi connectivity index (χ2n) is 7.80. The molecule has 1 fully saturated rings. The van der Waals surface area contributed by atoms with Gasteiger partial charge in [-0.15, -0.1) is 0 Å². The maximum absolute atomic E-state index is 13.1. The van der Waals surface area contributed by atoms with E-state index in [1.165, 1.54) is 0 Å². The van der Waals surface area contributed by atoms with Gasteiger partial charge in [-0.1, -0.05) is 6.07 Å². The number of ketones is 1. The standard InChI is InChI=1S/C21H25N3O3/c1-13-6-7-17(22-12-13)21(27)8-10-24(11-9-21)20(26)18-14(2)23-15-4-3-5-16(25)19(15)18/h6-7,12,23,27H,3-5,8-11H2,1-2H3. The summed E-state index contributed by atoms with van der Waals surface area (Å²) in [6.45, 7) is 4.70. The van der Waals surface area contributed by atoms with Gasteiger partial charge in [0.1, 0.15) is 5.60 Å². The molecule has 27 heavy (non-hydrogen) atoms. The fourth-order valence-electron chi connectivity index (χ4n) is 4.24. The number of aliphatic hydroxyl groups is 1. The number of likely N-dealkylation sites (tertiary alicyclic amines) is 1. The van der Waals surface area contributed by atoms with E-state index in [9.17, 15) is 14.7 Å². The van der Waals surface area contributed by atoms with Crippen molar-refractivity contribution in [1.82, 2.24) is 14.9 Å². The third kappa shape index (κ3) is 3.08. The third-order valence-electron chi connectivity index (χ3n) is 5.85. The number of carbonyl (C=O) groups is 2. The maximum Gasteiger partial charge on any atom is 0.256 e. The molecule has 6 nitrogen and oxygen atoms in total. The summed E-state index contributed by atoms with van der Waals surface area (Å²) in [5.41, 5.74) is 3.47. The SMILES string of the molecule is Cc1ccc(C2(O)CCN(C(=O)c3c(C)[nH]c4c3C(=O)CCC4)CC2)nc1. The lowest BCUT2D eigenvalue weighted by Crippen LogP contribution is -2.45. The van der Waals surface area contributed by atoms with Gasteiger partial charge in [-0.2, -0.15) is 0 Å². The molecule has 0 bridgehead atoms. The Morgan fingerprint density at radius 2 is 1.96 bits per heavy atom. The molecule has 1 amide bonds. The number of carbonyl (C=O) groups excluding carboxylic acids is 2. The van der Waals surface area contributed by atoms with Gasteiger partial charge in [0.05, 0.1) is 16.8 Å². The molecule has 2 aromatic heterocycles. The summed E-state index contributed by atoms with van der Waals surface area (Å²) >= 11 is 0. The fourth-order valence-corrected chi connectivity index (χ4v) is 4.24. The van der Waals surface area contributed by atoms with Crippen LogP contribution in [-0.2, 0) is 12.0 Å². The van der Waals surface area contributed by atoms with E-state index < -0.39 is 5.60 Å². The average molecular weight is 367 g/mol. The van der Waals surface area contributed by atoms with E-state index in [2.05, 4.69) is 9.97 Å².